The molecule has 0 aromatic rings. The summed E-state index contributed by atoms with van der Waals surface area (Å²) in [5, 5.41) is 9.67. The van der Waals surface area contributed by atoms with E-state index in [0.29, 0.717) is 17.4 Å². The number of quaternary nitrogens is 1. The van der Waals surface area contributed by atoms with E-state index in [1.807, 2.05) is 21.1 Å². The van der Waals surface area contributed by atoms with Crippen molar-refractivity contribution < 1.29 is 42.9 Å². The maximum Gasteiger partial charge on any atom is 0.361 e. The number of allylic oxidation sites excluding steroid dienone is 8. The van der Waals surface area contributed by atoms with Crippen molar-refractivity contribution in [2.45, 2.75) is 264 Å². The van der Waals surface area contributed by atoms with Crippen LogP contribution in [0.15, 0.2) is 48.6 Å². The minimum Gasteiger partial charge on any atom is -0.477 e. The van der Waals surface area contributed by atoms with Crippen molar-refractivity contribution in [2.24, 2.45) is 0 Å². The zero-order valence-electron chi connectivity index (χ0n) is 45.0. The summed E-state index contributed by atoms with van der Waals surface area (Å²) >= 11 is 0. The summed E-state index contributed by atoms with van der Waals surface area (Å²) in [6.07, 6.45) is 59.1. The van der Waals surface area contributed by atoms with Gasteiger partial charge in [0, 0.05) is 12.8 Å². The molecule has 0 aliphatic carbocycles. The molecule has 0 amide bonds. The fourth-order valence-corrected chi connectivity index (χ4v) is 7.90. The second kappa shape index (κ2) is 50.6. The van der Waals surface area contributed by atoms with Crippen LogP contribution in [0.25, 0.3) is 0 Å². The molecule has 0 bridgehead atoms. The van der Waals surface area contributed by atoms with Crippen LogP contribution in [0.3, 0.4) is 0 Å². The third-order valence-corrected chi connectivity index (χ3v) is 12.3. The average Bonchev–Trinajstić information content (AvgIpc) is 3.30. The van der Waals surface area contributed by atoms with E-state index in [0.717, 1.165) is 70.6 Å². The third-order valence-electron chi connectivity index (χ3n) is 12.3. The number of hydrogen-bond acceptors (Lipinski definition) is 7. The first-order chi connectivity index (χ1) is 33.1. The molecule has 2 unspecified atom stereocenters. The van der Waals surface area contributed by atoms with Gasteiger partial charge in [-0.2, -0.15) is 0 Å². The van der Waals surface area contributed by atoms with Crippen LogP contribution in [0, 0.1) is 0 Å². The smallest absolute Gasteiger partial charge is 0.361 e. The first kappa shape index (κ1) is 65.2. The molecule has 0 radical (unpaired) electrons. The average molecular weight is 960 g/mol. The largest absolute Gasteiger partial charge is 0.477 e. The summed E-state index contributed by atoms with van der Waals surface area (Å²) in [6, 6.07) is 0. The molecule has 0 aliphatic rings. The van der Waals surface area contributed by atoms with Gasteiger partial charge in [-0.3, -0.25) is 9.59 Å². The number of aliphatic carboxylic acids is 1. The second-order valence-electron chi connectivity index (χ2n) is 20.2. The molecule has 0 fully saturated rings. The Morgan fingerprint density at radius 2 is 0.794 bits per heavy atom. The Bertz CT molecular complexity index is 1250. The lowest BCUT2D eigenvalue weighted by atomic mass is 10.0. The highest BCUT2D eigenvalue weighted by atomic mass is 16.7. The van der Waals surface area contributed by atoms with E-state index >= 15 is 0 Å². The van der Waals surface area contributed by atoms with Gasteiger partial charge >= 0.3 is 17.9 Å². The summed E-state index contributed by atoms with van der Waals surface area (Å²) in [7, 11) is 5.96. The standard InChI is InChI=1S/C59H107NO8/c1-6-8-10-12-14-16-18-20-21-22-23-24-25-26-27-28-29-30-31-32-33-34-35-36-37-38-40-42-44-46-48-50-57(62)68-55(54-67-59(58(63)64)65-52-51-60(3,4)5)53-66-56(61)49-47-45-43-41-39-19-17-15-13-11-9-7-2/h15,17-18,20,22-23,25-26,55,59H,6-14,16,19,21,24,27-54H2,1-5H3/p+1/b17-15-,20-18-,23-22-,26-25-. The quantitative estimate of drug-likeness (QED) is 0.0211. The van der Waals surface area contributed by atoms with Crippen LogP contribution in [-0.2, 0) is 33.3 Å². The Hall–Kier alpha value is -2.75. The minimum atomic E-state index is -1.51. The van der Waals surface area contributed by atoms with E-state index in [-0.39, 0.29) is 32.2 Å². The molecule has 0 heterocycles. The Morgan fingerprint density at radius 1 is 0.441 bits per heavy atom. The van der Waals surface area contributed by atoms with Crippen LogP contribution < -0.4 is 0 Å². The number of ether oxygens (including phenoxy) is 4. The Morgan fingerprint density at radius 3 is 1.22 bits per heavy atom. The number of likely N-dealkylation sites (N-methyl/N-ethyl adjacent to an activating group) is 1. The number of unbranched alkanes of at least 4 members (excludes halogenated alkanes) is 29. The number of hydrogen-bond donors (Lipinski definition) is 1. The lowest BCUT2D eigenvalue weighted by molar-refractivity contribution is -0.870. The molecule has 0 spiro atoms. The van der Waals surface area contributed by atoms with Gasteiger partial charge in [0.05, 0.1) is 34.4 Å². The molecule has 396 valence electrons. The first-order valence-electron chi connectivity index (χ1n) is 28.3. The van der Waals surface area contributed by atoms with Crippen molar-refractivity contribution in [3.8, 4) is 0 Å². The number of nitrogens with zero attached hydrogens (tertiary/aromatic N) is 1. The van der Waals surface area contributed by atoms with Gasteiger partial charge in [0.2, 0.25) is 0 Å². The van der Waals surface area contributed by atoms with Crippen LogP contribution in [0.1, 0.15) is 251 Å². The number of esters is 2. The second-order valence-corrected chi connectivity index (χ2v) is 20.2. The molecule has 68 heavy (non-hydrogen) atoms. The van der Waals surface area contributed by atoms with Gasteiger partial charge in [-0.1, -0.05) is 210 Å². The van der Waals surface area contributed by atoms with Crippen molar-refractivity contribution in [1.29, 1.82) is 0 Å². The minimum absolute atomic E-state index is 0.185. The SMILES string of the molecule is CCCCC/C=C\CCCCCCCC(=O)OCC(COC(OCC[N+](C)(C)C)C(=O)O)OC(=O)CCCCCCCCCCCCCCCCCC/C=C\C/C=C\C/C=C\CCCCCCC. The summed E-state index contributed by atoms with van der Waals surface area (Å²) in [6.45, 7) is 4.84. The molecular formula is C59H108NO8+. The molecule has 9 heteroatoms. The lowest BCUT2D eigenvalue weighted by Crippen LogP contribution is -2.40. The molecule has 0 aliphatic heterocycles. The fourth-order valence-electron chi connectivity index (χ4n) is 7.90. The number of carbonyl (C=O) groups is 3. The highest BCUT2D eigenvalue weighted by molar-refractivity contribution is 5.71. The summed E-state index contributed by atoms with van der Waals surface area (Å²) < 4.78 is 22.8. The maximum absolute atomic E-state index is 12.8. The highest BCUT2D eigenvalue weighted by Crippen LogP contribution is 2.16. The van der Waals surface area contributed by atoms with E-state index in [2.05, 4.69) is 62.5 Å². The number of carbonyl (C=O) groups excluding carboxylic acids is 2. The van der Waals surface area contributed by atoms with Crippen LogP contribution in [-0.4, -0.2) is 87.4 Å². The topological polar surface area (TPSA) is 108 Å². The predicted molar refractivity (Wildman–Crippen MR) is 286 cm³/mol. The molecule has 0 saturated carbocycles. The first-order valence-corrected chi connectivity index (χ1v) is 28.3. The highest BCUT2D eigenvalue weighted by Gasteiger charge is 2.25. The monoisotopic (exact) mass is 959 g/mol. The zero-order chi connectivity index (χ0) is 49.9. The van der Waals surface area contributed by atoms with Crippen LogP contribution in [0.2, 0.25) is 0 Å². The van der Waals surface area contributed by atoms with Crippen molar-refractivity contribution >= 4 is 17.9 Å². The van der Waals surface area contributed by atoms with Crippen LogP contribution in [0.5, 0.6) is 0 Å². The van der Waals surface area contributed by atoms with Gasteiger partial charge in [-0.25, -0.2) is 4.79 Å². The van der Waals surface area contributed by atoms with E-state index in [1.165, 1.54) is 154 Å². The summed E-state index contributed by atoms with van der Waals surface area (Å²) in [4.78, 5) is 37.3. The van der Waals surface area contributed by atoms with E-state index in [1.54, 1.807) is 0 Å². The fraction of sp³-hybridized carbons (Fsp3) is 0.814. The summed E-state index contributed by atoms with van der Waals surface area (Å²) in [5.74, 6) is -2.01. The van der Waals surface area contributed by atoms with Gasteiger partial charge in [0.15, 0.2) is 6.10 Å². The predicted octanol–water partition coefficient (Wildman–Crippen LogP) is 16.3. The zero-order valence-corrected chi connectivity index (χ0v) is 45.0. The number of carboxylic acids is 1. The van der Waals surface area contributed by atoms with Gasteiger partial charge in [0.1, 0.15) is 13.2 Å². The molecule has 0 aromatic carbocycles. The normalized spacial score (nSPS) is 13.1. The number of carboxylic acid groups (broad SMARTS) is 1. The van der Waals surface area contributed by atoms with Crippen LogP contribution in [0.4, 0.5) is 0 Å². The molecule has 1 N–H and O–H groups in total. The van der Waals surface area contributed by atoms with Crippen LogP contribution >= 0.6 is 0 Å². The van der Waals surface area contributed by atoms with Gasteiger partial charge in [0.25, 0.3) is 6.29 Å². The van der Waals surface area contributed by atoms with Gasteiger partial charge < -0.3 is 28.5 Å². The Balaban J connectivity index is 4.11. The molecule has 0 saturated heterocycles. The summed E-state index contributed by atoms with van der Waals surface area (Å²) in [5.41, 5.74) is 0. The van der Waals surface area contributed by atoms with Gasteiger partial charge in [-0.15, -0.1) is 0 Å². The van der Waals surface area contributed by atoms with E-state index < -0.39 is 24.3 Å². The Labute approximate surface area is 419 Å². The van der Waals surface area contributed by atoms with Crippen molar-refractivity contribution in [3.63, 3.8) is 0 Å². The van der Waals surface area contributed by atoms with Crippen molar-refractivity contribution in [1.82, 2.24) is 0 Å². The van der Waals surface area contributed by atoms with Crippen molar-refractivity contribution in [3.05, 3.63) is 48.6 Å². The van der Waals surface area contributed by atoms with E-state index in [9.17, 15) is 19.5 Å². The van der Waals surface area contributed by atoms with Crippen molar-refractivity contribution in [2.75, 3.05) is 47.5 Å². The molecule has 2 atom stereocenters. The molecule has 0 rings (SSSR count). The van der Waals surface area contributed by atoms with E-state index in [4.69, 9.17) is 18.9 Å². The molecule has 9 nitrogen and oxygen atoms in total. The lowest BCUT2D eigenvalue weighted by Gasteiger charge is -2.25. The third kappa shape index (κ3) is 51.1. The number of rotatable bonds is 52. The van der Waals surface area contributed by atoms with Gasteiger partial charge in [-0.05, 0) is 77.0 Å². The molecule has 0 aromatic heterocycles. The molecular weight excluding hydrogens is 851 g/mol. The maximum atomic E-state index is 12.8. The Kier molecular flexibility index (Phi) is 48.6.